The van der Waals surface area contributed by atoms with E-state index in [4.69, 9.17) is 11.1 Å². The monoisotopic (exact) mass is 287 g/mol. The van der Waals surface area contributed by atoms with E-state index in [2.05, 4.69) is 4.90 Å². The minimum atomic E-state index is -2.90. The Bertz CT molecular complexity index is 427. The van der Waals surface area contributed by atoms with Crippen LogP contribution in [0.4, 0.5) is 0 Å². The zero-order chi connectivity index (χ0) is 14.0. The maximum atomic E-state index is 11.7. The molecule has 110 valence electrons. The Morgan fingerprint density at radius 1 is 1.21 bits per heavy atom. The minimum Gasteiger partial charge on any atom is -0.387 e. The Morgan fingerprint density at radius 3 is 2.37 bits per heavy atom. The summed E-state index contributed by atoms with van der Waals surface area (Å²) in [5, 5.41) is 7.34. The number of rotatable bonds is 3. The van der Waals surface area contributed by atoms with E-state index in [1.807, 2.05) is 0 Å². The molecule has 0 spiro atoms. The number of amidine groups is 1. The molecule has 1 heterocycles. The molecule has 1 saturated heterocycles. The van der Waals surface area contributed by atoms with Crippen molar-refractivity contribution in [3.8, 4) is 0 Å². The van der Waals surface area contributed by atoms with Crippen molar-refractivity contribution in [3.63, 3.8) is 0 Å². The molecule has 2 rings (SSSR count). The fourth-order valence-corrected chi connectivity index (χ4v) is 4.58. The first-order chi connectivity index (χ1) is 8.88. The summed E-state index contributed by atoms with van der Waals surface area (Å²) >= 11 is 0. The lowest BCUT2D eigenvalue weighted by atomic mass is 9.89. The second-order valence-corrected chi connectivity index (χ2v) is 8.36. The largest absolute Gasteiger partial charge is 0.387 e. The van der Waals surface area contributed by atoms with Crippen molar-refractivity contribution in [3.05, 3.63) is 0 Å². The Hall–Kier alpha value is -0.620. The first-order valence-corrected chi connectivity index (χ1v) is 9.10. The molecule has 2 atom stereocenters. The van der Waals surface area contributed by atoms with Crippen LogP contribution in [0.3, 0.4) is 0 Å². The molecule has 0 aromatic heterocycles. The van der Waals surface area contributed by atoms with Gasteiger partial charge in [-0.05, 0) is 45.2 Å². The summed E-state index contributed by atoms with van der Waals surface area (Å²) in [7, 11) is -2.90. The Morgan fingerprint density at radius 2 is 1.84 bits per heavy atom. The summed E-state index contributed by atoms with van der Waals surface area (Å²) in [6, 6.07) is 0.404. The van der Waals surface area contributed by atoms with Crippen LogP contribution in [0.2, 0.25) is 0 Å². The molecule has 2 fully saturated rings. The van der Waals surface area contributed by atoms with E-state index in [-0.39, 0.29) is 11.2 Å². The molecule has 2 unspecified atom stereocenters. The standard InChI is InChI=1S/C13H25N3O2S/c1-19(17,18)12-4-2-3-11(9-12)16-7-5-10(6-8-16)13(14)15/h10-12H,2-9H2,1H3,(H3,14,15). The number of nitrogens with one attached hydrogen (secondary N) is 1. The van der Waals surface area contributed by atoms with Gasteiger partial charge in [-0.2, -0.15) is 0 Å². The van der Waals surface area contributed by atoms with Crippen LogP contribution < -0.4 is 5.73 Å². The third kappa shape index (κ3) is 3.69. The number of nitrogens with zero attached hydrogens (tertiary/aromatic N) is 1. The molecule has 0 aromatic rings. The maximum absolute atomic E-state index is 11.7. The molecule has 19 heavy (non-hydrogen) atoms. The van der Waals surface area contributed by atoms with Crippen LogP contribution in [-0.4, -0.2) is 49.8 Å². The second kappa shape index (κ2) is 5.79. The summed E-state index contributed by atoms with van der Waals surface area (Å²) in [6.45, 7) is 1.90. The fourth-order valence-electron chi connectivity index (χ4n) is 3.42. The molecule has 3 N–H and O–H groups in total. The van der Waals surface area contributed by atoms with Crippen LogP contribution >= 0.6 is 0 Å². The fraction of sp³-hybridized carbons (Fsp3) is 0.923. The van der Waals surface area contributed by atoms with Crippen molar-refractivity contribution in [2.75, 3.05) is 19.3 Å². The van der Waals surface area contributed by atoms with Gasteiger partial charge in [-0.15, -0.1) is 0 Å². The van der Waals surface area contributed by atoms with Crippen LogP contribution in [0.15, 0.2) is 0 Å². The topological polar surface area (TPSA) is 87.2 Å². The number of piperidine rings is 1. The van der Waals surface area contributed by atoms with E-state index in [9.17, 15) is 8.42 Å². The predicted octanol–water partition coefficient (Wildman–Crippen LogP) is 0.990. The number of hydrogen-bond donors (Lipinski definition) is 2. The molecule has 1 aliphatic carbocycles. The Balaban J connectivity index is 1.91. The number of likely N-dealkylation sites (tertiary alicyclic amines) is 1. The van der Waals surface area contributed by atoms with Gasteiger partial charge in [0.25, 0.3) is 0 Å². The molecule has 2 aliphatic rings. The van der Waals surface area contributed by atoms with Gasteiger partial charge in [0.15, 0.2) is 0 Å². The molecule has 0 radical (unpaired) electrons. The zero-order valence-corrected chi connectivity index (χ0v) is 12.5. The van der Waals surface area contributed by atoms with Crippen LogP contribution in [-0.2, 0) is 9.84 Å². The lowest BCUT2D eigenvalue weighted by molar-refractivity contribution is 0.121. The molecule has 1 aliphatic heterocycles. The van der Waals surface area contributed by atoms with Gasteiger partial charge in [0.05, 0.1) is 11.1 Å². The average molecular weight is 287 g/mol. The smallest absolute Gasteiger partial charge is 0.150 e. The van der Waals surface area contributed by atoms with Gasteiger partial charge in [-0.3, -0.25) is 5.41 Å². The Kier molecular flexibility index (Phi) is 4.50. The highest BCUT2D eigenvalue weighted by Crippen LogP contribution is 2.30. The predicted molar refractivity (Wildman–Crippen MR) is 77.1 cm³/mol. The summed E-state index contributed by atoms with van der Waals surface area (Å²) in [5.74, 6) is 0.530. The minimum absolute atomic E-state index is 0.156. The average Bonchev–Trinajstić information content (AvgIpc) is 2.38. The quantitative estimate of drug-likeness (QED) is 0.598. The van der Waals surface area contributed by atoms with E-state index in [1.165, 1.54) is 6.26 Å². The Labute approximate surface area is 116 Å². The van der Waals surface area contributed by atoms with Crippen LogP contribution in [0.25, 0.3) is 0 Å². The highest BCUT2D eigenvalue weighted by Gasteiger charge is 2.33. The van der Waals surface area contributed by atoms with Gasteiger partial charge in [0.2, 0.25) is 0 Å². The van der Waals surface area contributed by atoms with Crippen molar-refractivity contribution in [2.45, 2.75) is 49.8 Å². The van der Waals surface area contributed by atoms with Crippen molar-refractivity contribution < 1.29 is 8.42 Å². The van der Waals surface area contributed by atoms with Gasteiger partial charge in [-0.25, -0.2) is 8.42 Å². The maximum Gasteiger partial charge on any atom is 0.150 e. The normalized spacial score (nSPS) is 31.2. The van der Waals surface area contributed by atoms with Crippen molar-refractivity contribution in [2.24, 2.45) is 11.7 Å². The highest BCUT2D eigenvalue weighted by molar-refractivity contribution is 7.91. The third-order valence-electron chi connectivity index (χ3n) is 4.69. The molecule has 5 nitrogen and oxygen atoms in total. The van der Waals surface area contributed by atoms with Crippen molar-refractivity contribution in [1.82, 2.24) is 4.90 Å². The van der Waals surface area contributed by atoms with E-state index in [1.54, 1.807) is 0 Å². The van der Waals surface area contributed by atoms with E-state index in [0.717, 1.165) is 51.6 Å². The summed E-state index contributed by atoms with van der Waals surface area (Å²) in [5.41, 5.74) is 5.56. The van der Waals surface area contributed by atoms with E-state index >= 15 is 0 Å². The lowest BCUT2D eigenvalue weighted by Crippen LogP contribution is -2.47. The van der Waals surface area contributed by atoms with Gasteiger partial charge in [0.1, 0.15) is 9.84 Å². The van der Waals surface area contributed by atoms with Gasteiger partial charge < -0.3 is 10.6 Å². The van der Waals surface area contributed by atoms with Crippen LogP contribution in [0.1, 0.15) is 38.5 Å². The van der Waals surface area contributed by atoms with Gasteiger partial charge >= 0.3 is 0 Å². The van der Waals surface area contributed by atoms with Crippen molar-refractivity contribution in [1.29, 1.82) is 5.41 Å². The first kappa shape index (κ1) is 14.8. The van der Waals surface area contributed by atoms with Gasteiger partial charge in [0, 0.05) is 18.2 Å². The highest BCUT2D eigenvalue weighted by atomic mass is 32.2. The summed E-state index contributed by atoms with van der Waals surface area (Å²) < 4.78 is 23.4. The SMILES string of the molecule is CS(=O)(=O)C1CCCC(N2CCC(C(=N)N)CC2)C1. The molecular weight excluding hydrogens is 262 g/mol. The molecule has 0 amide bonds. The van der Waals surface area contributed by atoms with E-state index in [0.29, 0.717) is 11.9 Å². The summed E-state index contributed by atoms with van der Waals surface area (Å²) in [4.78, 5) is 2.41. The second-order valence-electron chi connectivity index (χ2n) is 6.04. The van der Waals surface area contributed by atoms with Crippen LogP contribution in [0, 0.1) is 11.3 Å². The number of sulfone groups is 1. The molecule has 1 saturated carbocycles. The van der Waals surface area contributed by atoms with Gasteiger partial charge in [-0.1, -0.05) is 6.42 Å². The molecule has 6 heteroatoms. The zero-order valence-electron chi connectivity index (χ0n) is 11.6. The molecule has 0 aromatic carbocycles. The van der Waals surface area contributed by atoms with Crippen molar-refractivity contribution >= 4 is 15.7 Å². The first-order valence-electron chi connectivity index (χ1n) is 7.14. The lowest BCUT2D eigenvalue weighted by Gasteiger charge is -2.40. The number of hydrogen-bond acceptors (Lipinski definition) is 4. The number of nitrogens with two attached hydrogens (primary N) is 1. The molecule has 0 bridgehead atoms. The third-order valence-corrected chi connectivity index (χ3v) is 6.33. The van der Waals surface area contributed by atoms with E-state index < -0.39 is 9.84 Å². The molecular formula is C13H25N3O2S. The van der Waals surface area contributed by atoms with Crippen LogP contribution in [0.5, 0.6) is 0 Å². The summed E-state index contributed by atoms with van der Waals surface area (Å²) in [6.07, 6.45) is 6.96.